The Morgan fingerprint density at radius 1 is 1.25 bits per heavy atom. The van der Waals surface area contributed by atoms with Crippen molar-refractivity contribution in [1.29, 1.82) is 0 Å². The van der Waals surface area contributed by atoms with E-state index in [2.05, 4.69) is 25.0 Å². The van der Waals surface area contributed by atoms with Crippen LogP contribution in [0.5, 0.6) is 0 Å². The third-order valence-corrected chi connectivity index (χ3v) is 3.17. The van der Waals surface area contributed by atoms with E-state index < -0.39 is 11.9 Å². The van der Waals surface area contributed by atoms with Crippen LogP contribution in [0.2, 0.25) is 5.15 Å². The van der Waals surface area contributed by atoms with Gasteiger partial charge in [0.2, 0.25) is 0 Å². The summed E-state index contributed by atoms with van der Waals surface area (Å²) in [6.07, 6.45) is -2.05. The molecule has 0 atom stereocenters. The molecule has 0 saturated heterocycles. The Morgan fingerprint density at radius 3 is 2.65 bits per heavy atom. The summed E-state index contributed by atoms with van der Waals surface area (Å²) in [5.41, 5.74) is -0.544. The first-order valence-electron chi connectivity index (χ1n) is 5.36. The van der Waals surface area contributed by atoms with Crippen LogP contribution in [0.1, 0.15) is 11.3 Å². The van der Waals surface area contributed by atoms with Crippen molar-refractivity contribution in [2.45, 2.75) is 13.1 Å². The molecule has 10 heteroatoms. The summed E-state index contributed by atoms with van der Waals surface area (Å²) in [4.78, 5) is 14.4. The third kappa shape index (κ3) is 1.82. The lowest BCUT2D eigenvalue weighted by Gasteiger charge is -2.03. The van der Waals surface area contributed by atoms with Crippen LogP contribution in [0.3, 0.4) is 0 Å². The molecule has 1 N–H and O–H groups in total. The van der Waals surface area contributed by atoms with E-state index in [1.807, 2.05) is 0 Å². The Morgan fingerprint density at radius 2 is 2.00 bits per heavy atom. The second-order valence-electron chi connectivity index (χ2n) is 3.97. The van der Waals surface area contributed by atoms with Crippen LogP contribution in [0.15, 0.2) is 12.7 Å². The molecule has 0 amide bonds. The molecule has 0 fully saturated rings. The number of nitrogens with one attached hydrogen (secondary N) is 1. The SMILES string of the molecule is Cc1c(C(F)(F)F)nn(-c2ncnc3nc[nH]c23)c1Cl. The van der Waals surface area contributed by atoms with E-state index in [9.17, 15) is 13.2 Å². The molecule has 20 heavy (non-hydrogen) atoms. The average Bonchev–Trinajstić information content (AvgIpc) is 2.95. The standard InChI is InChI=1S/C10H6ClF3N6/c1-4-6(10(12,13)14)19-20(7(4)11)9-5-8(16-2-15-5)17-3-18-9/h2-3H,1H3,(H,15,16,17,18). The Kier molecular flexibility index (Phi) is 2.68. The monoisotopic (exact) mass is 302 g/mol. The number of fused-ring (bicyclic) bond motifs is 1. The molecule has 0 saturated carbocycles. The number of rotatable bonds is 1. The van der Waals surface area contributed by atoms with Crippen molar-refractivity contribution in [2.24, 2.45) is 0 Å². The molecule has 0 radical (unpaired) electrons. The summed E-state index contributed by atoms with van der Waals surface area (Å²) in [6.45, 7) is 1.25. The lowest BCUT2D eigenvalue weighted by Crippen LogP contribution is -2.09. The highest BCUT2D eigenvalue weighted by molar-refractivity contribution is 6.30. The number of aromatic nitrogens is 6. The maximum atomic E-state index is 12.8. The minimum atomic E-state index is -4.58. The van der Waals surface area contributed by atoms with E-state index in [4.69, 9.17) is 11.6 Å². The fourth-order valence-electron chi connectivity index (χ4n) is 1.80. The van der Waals surface area contributed by atoms with Gasteiger partial charge in [0.1, 0.15) is 17.0 Å². The molecule has 3 aromatic heterocycles. The number of halogens is 4. The zero-order valence-electron chi connectivity index (χ0n) is 9.90. The zero-order chi connectivity index (χ0) is 14.5. The Hall–Kier alpha value is -2.16. The highest BCUT2D eigenvalue weighted by Crippen LogP contribution is 2.35. The van der Waals surface area contributed by atoms with E-state index in [1.165, 1.54) is 19.6 Å². The molecule has 3 rings (SSSR count). The minimum absolute atomic E-state index is 0.108. The summed E-state index contributed by atoms with van der Waals surface area (Å²) in [5, 5.41) is 3.34. The normalized spacial score (nSPS) is 12.2. The minimum Gasteiger partial charge on any atom is -0.340 e. The highest BCUT2D eigenvalue weighted by Gasteiger charge is 2.38. The van der Waals surface area contributed by atoms with Gasteiger partial charge in [0.05, 0.1) is 6.33 Å². The van der Waals surface area contributed by atoms with Gasteiger partial charge in [0, 0.05) is 5.56 Å². The molecule has 0 aliphatic heterocycles. The molecular formula is C10H6ClF3N6. The van der Waals surface area contributed by atoms with Crippen LogP contribution in [0.25, 0.3) is 17.0 Å². The van der Waals surface area contributed by atoms with Crippen LogP contribution < -0.4 is 0 Å². The maximum Gasteiger partial charge on any atom is 0.435 e. The van der Waals surface area contributed by atoms with Crippen molar-refractivity contribution in [3.05, 3.63) is 29.1 Å². The highest BCUT2D eigenvalue weighted by atomic mass is 35.5. The zero-order valence-corrected chi connectivity index (χ0v) is 10.7. The van der Waals surface area contributed by atoms with Crippen LogP contribution in [0, 0.1) is 6.92 Å². The molecule has 0 aliphatic carbocycles. The van der Waals surface area contributed by atoms with Gasteiger partial charge in [-0.05, 0) is 6.92 Å². The van der Waals surface area contributed by atoms with Crippen molar-refractivity contribution in [3.8, 4) is 5.82 Å². The summed E-state index contributed by atoms with van der Waals surface area (Å²) in [7, 11) is 0. The first-order chi connectivity index (χ1) is 9.39. The second-order valence-corrected chi connectivity index (χ2v) is 4.33. The fourth-order valence-corrected chi connectivity index (χ4v) is 2.01. The summed E-state index contributed by atoms with van der Waals surface area (Å²) in [6, 6.07) is 0. The van der Waals surface area contributed by atoms with Gasteiger partial charge in [-0.1, -0.05) is 11.6 Å². The summed E-state index contributed by atoms with van der Waals surface area (Å²) in [5.74, 6) is 0.108. The molecule has 3 aromatic rings. The van der Waals surface area contributed by atoms with Gasteiger partial charge in [-0.15, -0.1) is 0 Å². The van der Waals surface area contributed by atoms with E-state index >= 15 is 0 Å². The first-order valence-corrected chi connectivity index (χ1v) is 5.74. The van der Waals surface area contributed by atoms with Crippen molar-refractivity contribution in [1.82, 2.24) is 29.7 Å². The number of H-pyrrole nitrogens is 1. The molecule has 0 bridgehead atoms. The van der Waals surface area contributed by atoms with Crippen molar-refractivity contribution in [2.75, 3.05) is 0 Å². The van der Waals surface area contributed by atoms with Gasteiger partial charge in [0.15, 0.2) is 17.2 Å². The van der Waals surface area contributed by atoms with Crippen LogP contribution in [0.4, 0.5) is 13.2 Å². The number of nitrogens with zero attached hydrogens (tertiary/aromatic N) is 5. The van der Waals surface area contributed by atoms with Crippen LogP contribution in [-0.2, 0) is 6.18 Å². The summed E-state index contributed by atoms with van der Waals surface area (Å²) >= 11 is 5.93. The van der Waals surface area contributed by atoms with E-state index in [1.54, 1.807) is 0 Å². The van der Waals surface area contributed by atoms with Crippen molar-refractivity contribution < 1.29 is 13.2 Å². The number of alkyl halides is 3. The lowest BCUT2D eigenvalue weighted by atomic mass is 10.3. The average molecular weight is 303 g/mol. The molecule has 6 nitrogen and oxygen atoms in total. The van der Waals surface area contributed by atoms with Gasteiger partial charge in [-0.2, -0.15) is 18.3 Å². The van der Waals surface area contributed by atoms with E-state index in [0.717, 1.165) is 4.68 Å². The number of hydrogen-bond acceptors (Lipinski definition) is 4. The van der Waals surface area contributed by atoms with Gasteiger partial charge in [-0.25, -0.2) is 19.6 Å². The molecule has 0 spiro atoms. The lowest BCUT2D eigenvalue weighted by molar-refractivity contribution is -0.141. The van der Waals surface area contributed by atoms with Crippen LogP contribution in [-0.4, -0.2) is 29.7 Å². The molecule has 0 unspecified atom stereocenters. The first kappa shape index (κ1) is 12.9. The maximum absolute atomic E-state index is 12.8. The Bertz CT molecular complexity index is 790. The quantitative estimate of drug-likeness (QED) is 0.749. The number of imidazole rings is 1. The van der Waals surface area contributed by atoms with Gasteiger partial charge >= 0.3 is 6.18 Å². The van der Waals surface area contributed by atoms with Crippen molar-refractivity contribution >= 4 is 22.8 Å². The largest absolute Gasteiger partial charge is 0.435 e. The third-order valence-electron chi connectivity index (χ3n) is 2.72. The smallest absolute Gasteiger partial charge is 0.340 e. The molecule has 3 heterocycles. The molecule has 104 valence electrons. The van der Waals surface area contributed by atoms with Gasteiger partial charge < -0.3 is 4.98 Å². The fraction of sp³-hybridized carbons (Fsp3) is 0.200. The Balaban J connectivity index is 2.28. The van der Waals surface area contributed by atoms with E-state index in [0.29, 0.717) is 11.2 Å². The van der Waals surface area contributed by atoms with Gasteiger partial charge in [0.25, 0.3) is 0 Å². The van der Waals surface area contributed by atoms with Crippen LogP contribution >= 0.6 is 11.6 Å². The Labute approximate surface area is 114 Å². The molecule has 0 aromatic carbocycles. The number of hydrogen-bond donors (Lipinski definition) is 1. The second kappa shape index (κ2) is 4.17. The summed E-state index contributed by atoms with van der Waals surface area (Å²) < 4.78 is 39.4. The number of aromatic amines is 1. The topological polar surface area (TPSA) is 72.3 Å². The molecule has 0 aliphatic rings. The van der Waals surface area contributed by atoms with Crippen molar-refractivity contribution in [3.63, 3.8) is 0 Å². The predicted molar refractivity (Wildman–Crippen MR) is 63.6 cm³/mol. The van der Waals surface area contributed by atoms with Gasteiger partial charge in [-0.3, -0.25) is 0 Å². The van der Waals surface area contributed by atoms with E-state index in [-0.39, 0.29) is 16.5 Å². The molecular weight excluding hydrogens is 297 g/mol. The predicted octanol–water partition coefficient (Wildman–Crippen LogP) is 2.52.